The van der Waals surface area contributed by atoms with E-state index in [4.69, 9.17) is 0 Å². The number of carbonyl (C=O) groups excluding carboxylic acids is 2. The summed E-state index contributed by atoms with van der Waals surface area (Å²) < 4.78 is 0. The van der Waals surface area contributed by atoms with Gasteiger partial charge in [0.25, 0.3) is 5.91 Å². The highest BCUT2D eigenvalue weighted by Crippen LogP contribution is 2.29. The molecule has 2 aromatic heterocycles. The van der Waals surface area contributed by atoms with Crippen molar-refractivity contribution in [1.82, 2.24) is 9.97 Å². The molecular weight excluding hydrogens is 412 g/mol. The Balaban J connectivity index is 1.28. The number of fused-ring (bicyclic) bond motifs is 1. The molecule has 0 spiro atoms. The van der Waals surface area contributed by atoms with Crippen molar-refractivity contribution in [2.45, 2.75) is 32.1 Å². The lowest BCUT2D eigenvalue weighted by molar-refractivity contribution is -0.120. The van der Waals surface area contributed by atoms with Gasteiger partial charge in [-0.2, -0.15) is 0 Å². The van der Waals surface area contributed by atoms with Gasteiger partial charge in [0.1, 0.15) is 0 Å². The number of amides is 2. The van der Waals surface area contributed by atoms with Crippen LogP contribution in [0.3, 0.4) is 0 Å². The number of aromatic nitrogens is 2. The van der Waals surface area contributed by atoms with Crippen LogP contribution in [0.1, 0.15) is 42.5 Å². The molecule has 1 fully saturated rings. The topological polar surface area (TPSA) is 86.9 Å². The van der Waals surface area contributed by atoms with Crippen LogP contribution in [0, 0.1) is 5.92 Å². The highest BCUT2D eigenvalue weighted by Gasteiger charge is 2.21. The third-order valence-electron chi connectivity index (χ3n) is 6.24. The largest absolute Gasteiger partial charge is 0.355 e. The maximum Gasteiger partial charge on any atom is 0.257 e. The van der Waals surface area contributed by atoms with Crippen molar-refractivity contribution in [1.29, 1.82) is 0 Å². The number of hydrogen-bond acceptors (Lipinski definition) is 3. The van der Waals surface area contributed by atoms with E-state index in [1.54, 1.807) is 24.5 Å². The number of anilines is 2. The first kappa shape index (κ1) is 20.9. The Morgan fingerprint density at radius 2 is 1.67 bits per heavy atom. The van der Waals surface area contributed by atoms with Crippen molar-refractivity contribution in [3.05, 3.63) is 78.6 Å². The first-order valence-electron chi connectivity index (χ1n) is 11.4. The van der Waals surface area contributed by atoms with Crippen molar-refractivity contribution < 1.29 is 9.59 Å². The molecule has 0 bridgehead atoms. The zero-order valence-electron chi connectivity index (χ0n) is 18.3. The summed E-state index contributed by atoms with van der Waals surface area (Å²) in [5.74, 6) is 0.0754. The molecule has 2 amide bonds. The average molecular weight is 439 g/mol. The lowest BCUT2D eigenvalue weighted by atomic mass is 9.88. The van der Waals surface area contributed by atoms with Crippen LogP contribution in [0.15, 0.2) is 73.1 Å². The van der Waals surface area contributed by atoms with Gasteiger partial charge in [-0.25, -0.2) is 0 Å². The molecule has 1 saturated carbocycles. The van der Waals surface area contributed by atoms with Gasteiger partial charge in [0.2, 0.25) is 5.91 Å². The Kier molecular flexibility index (Phi) is 5.89. The van der Waals surface area contributed by atoms with Crippen LogP contribution in [0.4, 0.5) is 11.4 Å². The summed E-state index contributed by atoms with van der Waals surface area (Å²) in [5.41, 5.74) is 5.07. The fraction of sp³-hybridized carbons (Fsp3) is 0.222. The van der Waals surface area contributed by atoms with Gasteiger partial charge in [-0.05, 0) is 66.9 Å². The van der Waals surface area contributed by atoms with Gasteiger partial charge in [-0.1, -0.05) is 31.4 Å². The van der Waals surface area contributed by atoms with Gasteiger partial charge in [-0.15, -0.1) is 0 Å². The molecule has 0 atom stereocenters. The molecule has 0 saturated heterocycles. The molecule has 1 aliphatic rings. The Hall–Kier alpha value is -3.93. The van der Waals surface area contributed by atoms with E-state index in [-0.39, 0.29) is 17.7 Å². The molecule has 3 N–H and O–H groups in total. The van der Waals surface area contributed by atoms with Gasteiger partial charge in [0.05, 0.1) is 5.56 Å². The van der Waals surface area contributed by atoms with E-state index in [9.17, 15) is 9.59 Å². The second-order valence-electron chi connectivity index (χ2n) is 8.58. The number of nitrogens with zero attached hydrogens (tertiary/aromatic N) is 1. The summed E-state index contributed by atoms with van der Waals surface area (Å²) in [5, 5.41) is 7.02. The van der Waals surface area contributed by atoms with Crippen molar-refractivity contribution in [2.24, 2.45) is 5.92 Å². The summed E-state index contributed by atoms with van der Waals surface area (Å²) in [7, 11) is 0. The second-order valence-corrected chi connectivity index (χ2v) is 8.58. The van der Waals surface area contributed by atoms with Crippen molar-refractivity contribution in [2.75, 3.05) is 10.6 Å². The van der Waals surface area contributed by atoms with E-state index in [1.807, 2.05) is 42.5 Å². The highest BCUT2D eigenvalue weighted by molar-refractivity contribution is 6.04. The molecule has 2 aromatic carbocycles. The van der Waals surface area contributed by atoms with Crippen LogP contribution < -0.4 is 10.6 Å². The third kappa shape index (κ3) is 4.80. The van der Waals surface area contributed by atoms with Crippen LogP contribution in [0.25, 0.3) is 22.2 Å². The van der Waals surface area contributed by atoms with Gasteiger partial charge < -0.3 is 15.6 Å². The second kappa shape index (κ2) is 9.28. The van der Waals surface area contributed by atoms with Gasteiger partial charge >= 0.3 is 0 Å². The number of carbonyl (C=O) groups is 2. The Labute approximate surface area is 192 Å². The van der Waals surface area contributed by atoms with Gasteiger partial charge in [-0.3, -0.25) is 14.6 Å². The molecule has 1 aliphatic carbocycles. The van der Waals surface area contributed by atoms with Crippen LogP contribution in [-0.2, 0) is 4.79 Å². The van der Waals surface area contributed by atoms with Crippen LogP contribution >= 0.6 is 0 Å². The molecule has 0 aliphatic heterocycles. The van der Waals surface area contributed by atoms with E-state index in [1.165, 1.54) is 6.42 Å². The molecule has 6 heteroatoms. The minimum atomic E-state index is -0.190. The molecular formula is C27H26N4O2. The van der Waals surface area contributed by atoms with E-state index >= 15 is 0 Å². The zero-order valence-corrected chi connectivity index (χ0v) is 18.3. The first-order valence-corrected chi connectivity index (χ1v) is 11.4. The lowest BCUT2D eigenvalue weighted by Crippen LogP contribution is -2.24. The molecule has 5 rings (SSSR count). The number of H-pyrrole nitrogens is 1. The molecule has 33 heavy (non-hydrogen) atoms. The normalized spacial score (nSPS) is 14.2. The monoisotopic (exact) mass is 438 g/mol. The number of rotatable bonds is 5. The summed E-state index contributed by atoms with van der Waals surface area (Å²) in [6.45, 7) is 0. The van der Waals surface area contributed by atoms with Crippen molar-refractivity contribution >= 4 is 34.1 Å². The number of benzene rings is 2. The fourth-order valence-electron chi connectivity index (χ4n) is 4.41. The van der Waals surface area contributed by atoms with Crippen molar-refractivity contribution in [3.63, 3.8) is 0 Å². The van der Waals surface area contributed by atoms with Crippen LogP contribution in [0.2, 0.25) is 0 Å². The van der Waals surface area contributed by atoms with E-state index in [2.05, 4.69) is 26.7 Å². The summed E-state index contributed by atoms with van der Waals surface area (Å²) in [6, 6.07) is 19.2. The molecule has 0 radical (unpaired) electrons. The quantitative estimate of drug-likeness (QED) is 0.357. The van der Waals surface area contributed by atoms with Crippen LogP contribution in [0.5, 0.6) is 0 Å². The molecule has 2 heterocycles. The average Bonchev–Trinajstić information content (AvgIpc) is 3.29. The Morgan fingerprint density at radius 1 is 0.879 bits per heavy atom. The standard InChI is InChI=1S/C27H26N4O2/c32-26(19-5-2-1-3-6-19)30-23-12-13-24-21(15-23)16-25(31-24)18-8-10-22(11-9-18)29-27(33)20-7-4-14-28-17-20/h4,7-17,19,31H,1-3,5-6H2,(H,29,33)(H,30,32). The van der Waals surface area contributed by atoms with E-state index < -0.39 is 0 Å². The van der Waals surface area contributed by atoms with Crippen molar-refractivity contribution in [3.8, 4) is 11.3 Å². The predicted octanol–water partition coefficient (Wildman–Crippen LogP) is 6.00. The summed E-state index contributed by atoms with van der Waals surface area (Å²) >= 11 is 0. The smallest absolute Gasteiger partial charge is 0.257 e. The SMILES string of the molecule is O=C(Nc1ccc(-c2cc3cc(NC(=O)C4CCCCC4)ccc3[nH]2)cc1)c1cccnc1. The summed E-state index contributed by atoms with van der Waals surface area (Å²) in [4.78, 5) is 32.3. The van der Waals surface area contributed by atoms with E-state index in [0.717, 1.165) is 59.2 Å². The number of pyridine rings is 1. The molecule has 0 unspecified atom stereocenters. The number of aromatic amines is 1. The Morgan fingerprint density at radius 3 is 2.42 bits per heavy atom. The lowest BCUT2D eigenvalue weighted by Gasteiger charge is -2.20. The highest BCUT2D eigenvalue weighted by atomic mass is 16.2. The van der Waals surface area contributed by atoms with Crippen LogP contribution in [-0.4, -0.2) is 21.8 Å². The minimum absolute atomic E-state index is 0.133. The van der Waals surface area contributed by atoms with E-state index in [0.29, 0.717) is 5.56 Å². The molecule has 166 valence electrons. The predicted molar refractivity (Wildman–Crippen MR) is 131 cm³/mol. The van der Waals surface area contributed by atoms with Gasteiger partial charge in [0, 0.05) is 46.3 Å². The third-order valence-corrected chi connectivity index (χ3v) is 6.24. The maximum atomic E-state index is 12.6. The first-order chi connectivity index (χ1) is 16.2. The maximum absolute atomic E-state index is 12.6. The molecule has 6 nitrogen and oxygen atoms in total. The Bertz CT molecular complexity index is 1270. The minimum Gasteiger partial charge on any atom is -0.355 e. The number of hydrogen-bond donors (Lipinski definition) is 3. The zero-order chi connectivity index (χ0) is 22.6. The number of nitrogens with one attached hydrogen (secondary N) is 3. The fourth-order valence-corrected chi connectivity index (χ4v) is 4.41. The summed E-state index contributed by atoms with van der Waals surface area (Å²) in [6.07, 6.45) is 8.68. The molecule has 4 aromatic rings. The van der Waals surface area contributed by atoms with Gasteiger partial charge in [0.15, 0.2) is 0 Å².